The van der Waals surface area contributed by atoms with E-state index in [1.54, 1.807) is 0 Å². The molecule has 2 aromatic carbocycles. The number of rotatable bonds is 2. The van der Waals surface area contributed by atoms with Gasteiger partial charge in [-0.3, -0.25) is 0 Å². The standard InChI is InChI=1S/C21H19.Zr/c1-14(2)19-13-21-17(11-16-9-5-6-10-18(16)21)12-20(19)15-7-3-4-8-15;/h3-7,9-10,13-14H,8,11H2,1-2H3;/q-1;. The maximum atomic E-state index is 3.76. The molecule has 0 spiro atoms. The van der Waals surface area contributed by atoms with Gasteiger partial charge in [-0.15, -0.1) is 40.5 Å². The van der Waals surface area contributed by atoms with E-state index in [1.165, 1.54) is 39.0 Å². The Bertz CT molecular complexity index is 778. The van der Waals surface area contributed by atoms with E-state index in [0.29, 0.717) is 5.92 Å². The molecule has 0 amide bonds. The molecule has 0 nitrogen and oxygen atoms in total. The van der Waals surface area contributed by atoms with Crippen molar-refractivity contribution in [2.75, 3.05) is 0 Å². The van der Waals surface area contributed by atoms with Gasteiger partial charge in [-0.2, -0.15) is 0 Å². The molecule has 1 heteroatoms. The second-order valence-electron chi connectivity index (χ2n) is 6.30. The molecule has 0 fully saturated rings. The van der Waals surface area contributed by atoms with E-state index in [2.05, 4.69) is 68.5 Å². The maximum Gasteiger partial charge on any atom is 0 e. The molecule has 0 N–H and O–H groups in total. The van der Waals surface area contributed by atoms with Crippen LogP contribution < -0.4 is 0 Å². The third kappa shape index (κ3) is 2.50. The predicted octanol–water partition coefficient (Wildman–Crippen LogP) is 5.52. The first-order chi connectivity index (χ1) is 10.2. The summed E-state index contributed by atoms with van der Waals surface area (Å²) in [5, 5.41) is 0. The Balaban J connectivity index is 0.00000144. The van der Waals surface area contributed by atoms with Gasteiger partial charge in [0.15, 0.2) is 0 Å². The number of fused-ring (bicyclic) bond motifs is 3. The van der Waals surface area contributed by atoms with Crippen LogP contribution in [-0.2, 0) is 32.6 Å². The van der Waals surface area contributed by atoms with E-state index in [1.807, 2.05) is 0 Å². The van der Waals surface area contributed by atoms with Gasteiger partial charge in [0.1, 0.15) is 0 Å². The summed E-state index contributed by atoms with van der Waals surface area (Å²) in [5.41, 5.74) is 9.78. The van der Waals surface area contributed by atoms with E-state index in [0.717, 1.165) is 12.8 Å². The monoisotopic (exact) mass is 361 g/mol. The van der Waals surface area contributed by atoms with Crippen LogP contribution in [0.25, 0.3) is 16.7 Å². The molecule has 0 heterocycles. The SMILES string of the molecule is CC(C)c1cc2c([c-]c1C1=CC=CC1)Cc1ccccc1-2.[Zr]. The second-order valence-corrected chi connectivity index (χ2v) is 6.30. The average Bonchev–Trinajstić information content (AvgIpc) is 3.13. The Hall–Kier alpha value is -1.20. The van der Waals surface area contributed by atoms with Crippen LogP contribution in [0.2, 0.25) is 0 Å². The van der Waals surface area contributed by atoms with Crippen molar-refractivity contribution in [2.24, 2.45) is 0 Å². The van der Waals surface area contributed by atoms with Gasteiger partial charge in [-0.1, -0.05) is 67.3 Å². The zero-order valence-electron chi connectivity index (χ0n) is 13.1. The minimum absolute atomic E-state index is 0. The Morgan fingerprint density at radius 3 is 2.64 bits per heavy atom. The van der Waals surface area contributed by atoms with Crippen LogP contribution in [0, 0.1) is 6.07 Å². The Kier molecular flexibility index (Phi) is 4.37. The van der Waals surface area contributed by atoms with Crippen molar-refractivity contribution in [3.05, 3.63) is 76.9 Å². The molecule has 2 aliphatic carbocycles. The van der Waals surface area contributed by atoms with E-state index >= 15 is 0 Å². The van der Waals surface area contributed by atoms with Crippen LogP contribution in [0.5, 0.6) is 0 Å². The normalized spacial score (nSPS) is 14.6. The Labute approximate surface area is 152 Å². The summed E-state index contributed by atoms with van der Waals surface area (Å²) in [6.07, 6.45) is 8.70. The molecule has 22 heavy (non-hydrogen) atoms. The molecule has 0 saturated carbocycles. The van der Waals surface area contributed by atoms with Gasteiger partial charge >= 0.3 is 0 Å². The summed E-state index contributed by atoms with van der Waals surface area (Å²) in [6.45, 7) is 4.56. The first kappa shape index (κ1) is 15.7. The van der Waals surface area contributed by atoms with Crippen molar-refractivity contribution in [1.29, 1.82) is 0 Å². The topological polar surface area (TPSA) is 0 Å². The number of benzene rings is 2. The summed E-state index contributed by atoms with van der Waals surface area (Å²) in [6, 6.07) is 14.9. The summed E-state index contributed by atoms with van der Waals surface area (Å²) in [4.78, 5) is 0. The first-order valence-electron chi connectivity index (χ1n) is 7.77. The summed E-state index contributed by atoms with van der Waals surface area (Å²) in [7, 11) is 0. The fourth-order valence-electron chi connectivity index (χ4n) is 3.47. The van der Waals surface area contributed by atoms with Crippen LogP contribution in [-0.4, -0.2) is 0 Å². The van der Waals surface area contributed by atoms with Crippen molar-refractivity contribution in [2.45, 2.75) is 32.6 Å². The van der Waals surface area contributed by atoms with Gasteiger partial charge in [0.25, 0.3) is 0 Å². The van der Waals surface area contributed by atoms with E-state index < -0.39 is 0 Å². The number of allylic oxidation sites excluding steroid dienone is 4. The zero-order valence-corrected chi connectivity index (χ0v) is 15.6. The summed E-state index contributed by atoms with van der Waals surface area (Å²) >= 11 is 0. The molecule has 0 bridgehead atoms. The van der Waals surface area contributed by atoms with Gasteiger partial charge in [0.05, 0.1) is 0 Å². The van der Waals surface area contributed by atoms with Crippen LogP contribution in [0.1, 0.15) is 48.4 Å². The molecule has 2 aromatic rings. The average molecular weight is 363 g/mol. The quantitative estimate of drug-likeness (QED) is 0.526. The minimum atomic E-state index is 0. The van der Waals surface area contributed by atoms with Gasteiger partial charge in [0.2, 0.25) is 0 Å². The molecule has 0 saturated heterocycles. The number of hydrogen-bond donors (Lipinski definition) is 0. The molecule has 0 radical (unpaired) electrons. The van der Waals surface area contributed by atoms with E-state index in [9.17, 15) is 0 Å². The first-order valence-corrected chi connectivity index (χ1v) is 7.77. The molecule has 108 valence electrons. The van der Waals surface area contributed by atoms with Crippen LogP contribution in [0.3, 0.4) is 0 Å². The largest absolute Gasteiger partial charge is 0.143 e. The second kappa shape index (κ2) is 6.13. The van der Waals surface area contributed by atoms with Crippen LogP contribution in [0.4, 0.5) is 0 Å². The van der Waals surface area contributed by atoms with Gasteiger partial charge in [-0.25, -0.2) is 0 Å². The molecule has 2 aliphatic rings. The maximum absolute atomic E-state index is 3.76. The number of hydrogen-bond acceptors (Lipinski definition) is 0. The molecular formula is C21H19Zr-. The summed E-state index contributed by atoms with van der Waals surface area (Å²) < 4.78 is 0. The molecule has 0 atom stereocenters. The Morgan fingerprint density at radius 1 is 1.09 bits per heavy atom. The van der Waals surface area contributed by atoms with Crippen molar-refractivity contribution < 1.29 is 26.2 Å². The van der Waals surface area contributed by atoms with Crippen molar-refractivity contribution in [1.82, 2.24) is 0 Å². The van der Waals surface area contributed by atoms with Gasteiger partial charge < -0.3 is 0 Å². The molecule has 0 aromatic heterocycles. The van der Waals surface area contributed by atoms with Gasteiger partial charge in [-0.05, 0) is 18.4 Å². The third-order valence-corrected chi connectivity index (χ3v) is 4.58. The third-order valence-electron chi connectivity index (χ3n) is 4.58. The molecule has 0 aliphatic heterocycles. The minimum Gasteiger partial charge on any atom is -0.143 e. The fraction of sp³-hybridized carbons (Fsp3) is 0.238. The molecular weight excluding hydrogens is 343 g/mol. The van der Waals surface area contributed by atoms with Crippen LogP contribution >= 0.6 is 0 Å². The zero-order chi connectivity index (χ0) is 14.4. The van der Waals surface area contributed by atoms with Crippen molar-refractivity contribution in [3.8, 4) is 11.1 Å². The molecule has 0 unspecified atom stereocenters. The van der Waals surface area contributed by atoms with E-state index in [4.69, 9.17) is 0 Å². The smallest absolute Gasteiger partial charge is 0 e. The van der Waals surface area contributed by atoms with Crippen molar-refractivity contribution in [3.63, 3.8) is 0 Å². The fourth-order valence-corrected chi connectivity index (χ4v) is 3.47. The van der Waals surface area contributed by atoms with Crippen LogP contribution in [0.15, 0.2) is 48.6 Å². The molecule has 4 rings (SSSR count). The predicted molar refractivity (Wildman–Crippen MR) is 89.3 cm³/mol. The van der Waals surface area contributed by atoms with E-state index in [-0.39, 0.29) is 26.2 Å². The Morgan fingerprint density at radius 2 is 1.91 bits per heavy atom. The summed E-state index contributed by atoms with van der Waals surface area (Å²) in [5.74, 6) is 0.524. The van der Waals surface area contributed by atoms with Gasteiger partial charge in [0, 0.05) is 26.2 Å². The van der Waals surface area contributed by atoms with Crippen molar-refractivity contribution >= 4 is 5.57 Å².